The molecule has 0 saturated carbocycles. The zero-order valence-corrected chi connectivity index (χ0v) is 19.8. The van der Waals surface area contributed by atoms with Gasteiger partial charge in [0.1, 0.15) is 23.0 Å². The fourth-order valence-electron chi connectivity index (χ4n) is 3.95. The van der Waals surface area contributed by atoms with Gasteiger partial charge in [0.2, 0.25) is 0 Å². The number of rotatable bonds is 6. The van der Waals surface area contributed by atoms with Crippen LogP contribution in [0.5, 0.6) is 0 Å². The summed E-state index contributed by atoms with van der Waals surface area (Å²) in [5.41, 5.74) is -0.564. The van der Waals surface area contributed by atoms with Gasteiger partial charge in [-0.05, 0) is 42.3 Å². The minimum atomic E-state index is -4.65. The average Bonchev–Trinajstić information content (AvgIpc) is 2.91. The van der Waals surface area contributed by atoms with E-state index in [9.17, 15) is 27.2 Å². The van der Waals surface area contributed by atoms with Crippen molar-refractivity contribution in [3.05, 3.63) is 71.6 Å². The van der Waals surface area contributed by atoms with Crippen molar-refractivity contribution in [2.45, 2.75) is 19.0 Å². The van der Waals surface area contributed by atoms with E-state index in [0.717, 1.165) is 12.3 Å². The first-order valence-corrected chi connectivity index (χ1v) is 11.4. The zero-order chi connectivity index (χ0) is 26.6. The first kappa shape index (κ1) is 26.0. The first-order chi connectivity index (χ1) is 17.7. The minimum absolute atomic E-state index is 0.0414. The number of halogens is 4. The fraction of sp³-hybridized carbons (Fsp3) is 0.320. The van der Waals surface area contributed by atoms with Gasteiger partial charge >= 0.3 is 12.3 Å². The van der Waals surface area contributed by atoms with Crippen LogP contribution in [0.1, 0.15) is 28.0 Å². The smallest absolute Gasteiger partial charge is 0.433 e. The number of Topliss-reactive ketones (excluding diaryl/α,β-unsaturated/α-hetero) is 1. The van der Waals surface area contributed by atoms with Crippen LogP contribution in [-0.4, -0.2) is 65.0 Å². The second-order valence-electron chi connectivity index (χ2n) is 8.37. The number of ether oxygens (including phenoxy) is 1. The highest BCUT2D eigenvalue weighted by Crippen LogP contribution is 2.30. The normalized spacial score (nSPS) is 14.0. The van der Waals surface area contributed by atoms with Crippen molar-refractivity contribution in [1.29, 1.82) is 0 Å². The molecule has 1 aliphatic heterocycles. The third-order valence-corrected chi connectivity index (χ3v) is 5.97. The highest BCUT2D eigenvalue weighted by Gasteiger charge is 2.32. The molecule has 12 heteroatoms. The molecule has 1 aliphatic rings. The molecule has 194 valence electrons. The van der Waals surface area contributed by atoms with Crippen molar-refractivity contribution in [2.24, 2.45) is 0 Å². The number of piperazine rings is 1. The van der Waals surface area contributed by atoms with Gasteiger partial charge in [-0.3, -0.25) is 14.8 Å². The van der Waals surface area contributed by atoms with Gasteiger partial charge in [-0.15, -0.1) is 0 Å². The van der Waals surface area contributed by atoms with Crippen molar-refractivity contribution < 1.29 is 31.9 Å². The lowest BCUT2D eigenvalue weighted by molar-refractivity contribution is -0.141. The molecular formula is C25H23F4N5O3. The van der Waals surface area contributed by atoms with E-state index in [1.165, 1.54) is 31.6 Å². The molecule has 0 atom stereocenters. The van der Waals surface area contributed by atoms with E-state index in [2.05, 4.69) is 15.0 Å². The van der Waals surface area contributed by atoms with Crippen LogP contribution < -0.4 is 4.90 Å². The van der Waals surface area contributed by atoms with Crippen LogP contribution in [0.3, 0.4) is 0 Å². The molecule has 1 fully saturated rings. The summed E-state index contributed by atoms with van der Waals surface area (Å²) in [6.07, 6.45) is -0.974. The summed E-state index contributed by atoms with van der Waals surface area (Å²) >= 11 is 0. The van der Waals surface area contributed by atoms with E-state index >= 15 is 0 Å². The quantitative estimate of drug-likeness (QED) is 0.354. The Morgan fingerprint density at radius 2 is 1.76 bits per heavy atom. The number of methoxy groups -OCH3 is 1. The second kappa shape index (κ2) is 10.9. The largest absolute Gasteiger partial charge is 0.453 e. The Morgan fingerprint density at radius 3 is 2.38 bits per heavy atom. The highest BCUT2D eigenvalue weighted by atomic mass is 19.4. The number of anilines is 1. The molecule has 1 amide bonds. The van der Waals surface area contributed by atoms with Crippen LogP contribution in [0.15, 0.2) is 48.9 Å². The Hall–Kier alpha value is -4.09. The predicted molar refractivity (Wildman–Crippen MR) is 126 cm³/mol. The van der Waals surface area contributed by atoms with Crippen LogP contribution in [0.4, 0.5) is 28.2 Å². The Morgan fingerprint density at radius 1 is 1.00 bits per heavy atom. The van der Waals surface area contributed by atoms with Gasteiger partial charge in [-0.2, -0.15) is 13.2 Å². The first-order valence-electron chi connectivity index (χ1n) is 11.4. The van der Waals surface area contributed by atoms with Gasteiger partial charge < -0.3 is 14.5 Å². The van der Waals surface area contributed by atoms with Crippen LogP contribution in [0, 0.1) is 5.82 Å². The van der Waals surface area contributed by atoms with Gasteiger partial charge in [-0.25, -0.2) is 14.2 Å². The molecule has 0 bridgehead atoms. The number of amides is 1. The van der Waals surface area contributed by atoms with Crippen LogP contribution >= 0.6 is 0 Å². The summed E-state index contributed by atoms with van der Waals surface area (Å²) in [6.45, 7) is 2.17. The Labute approximate surface area is 209 Å². The van der Waals surface area contributed by atoms with Gasteiger partial charge in [0.05, 0.1) is 7.11 Å². The number of hydrogen-bond donors (Lipinski definition) is 0. The number of carbonyl (C=O) groups excluding carboxylic acids is 2. The van der Waals surface area contributed by atoms with E-state index in [1.807, 2.05) is 4.90 Å². The van der Waals surface area contributed by atoms with E-state index < -0.39 is 17.7 Å². The van der Waals surface area contributed by atoms with Crippen LogP contribution in [-0.2, 0) is 17.3 Å². The van der Waals surface area contributed by atoms with E-state index in [1.54, 1.807) is 17.0 Å². The molecule has 37 heavy (non-hydrogen) atoms. The molecule has 1 saturated heterocycles. The molecule has 8 nitrogen and oxygen atoms in total. The minimum Gasteiger partial charge on any atom is -0.453 e. The lowest BCUT2D eigenvalue weighted by atomic mass is 10.0. The highest BCUT2D eigenvalue weighted by molar-refractivity contribution is 5.96. The van der Waals surface area contributed by atoms with Crippen molar-refractivity contribution in [2.75, 3.05) is 38.2 Å². The second-order valence-corrected chi connectivity index (χ2v) is 8.37. The monoisotopic (exact) mass is 517 g/mol. The van der Waals surface area contributed by atoms with Gasteiger partial charge in [-0.1, -0.05) is 0 Å². The van der Waals surface area contributed by atoms with E-state index in [4.69, 9.17) is 4.74 Å². The number of ketones is 1. The predicted octanol–water partition coefficient (Wildman–Crippen LogP) is 4.40. The summed E-state index contributed by atoms with van der Waals surface area (Å²) in [5.74, 6) is -0.293. The summed E-state index contributed by atoms with van der Waals surface area (Å²) in [7, 11) is 1.34. The molecule has 4 heterocycles. The van der Waals surface area contributed by atoms with Crippen molar-refractivity contribution >= 4 is 17.7 Å². The van der Waals surface area contributed by atoms with Crippen molar-refractivity contribution in [3.63, 3.8) is 0 Å². The topological polar surface area (TPSA) is 88.5 Å². The Bertz CT molecular complexity index is 1280. The van der Waals surface area contributed by atoms with Crippen molar-refractivity contribution in [3.8, 4) is 11.3 Å². The number of carbonyl (C=O) groups is 2. The number of nitrogens with zero attached hydrogens (tertiary/aromatic N) is 5. The molecule has 0 radical (unpaired) electrons. The van der Waals surface area contributed by atoms with E-state index in [-0.39, 0.29) is 36.0 Å². The molecule has 0 N–H and O–H groups in total. The summed E-state index contributed by atoms with van der Waals surface area (Å²) in [6, 6.07) is 6.56. The SMILES string of the molecule is COC(=O)N1CCN(c2ccc(C(=O)CCc3cnc(-c4ccnc(C(F)(F)F)c4)c(F)c3)cn2)CC1. The molecule has 3 aromatic rings. The number of pyridine rings is 3. The molecule has 3 aromatic heterocycles. The maximum Gasteiger partial charge on any atom is 0.433 e. The Kier molecular flexibility index (Phi) is 7.65. The molecular weight excluding hydrogens is 494 g/mol. The maximum atomic E-state index is 14.6. The average molecular weight is 517 g/mol. The van der Waals surface area contributed by atoms with Gasteiger partial charge in [0.25, 0.3) is 0 Å². The maximum absolute atomic E-state index is 14.6. The summed E-state index contributed by atoms with van der Waals surface area (Å²) in [5, 5.41) is 0. The third-order valence-electron chi connectivity index (χ3n) is 5.97. The van der Waals surface area contributed by atoms with Crippen LogP contribution in [0.25, 0.3) is 11.3 Å². The van der Waals surface area contributed by atoms with Crippen molar-refractivity contribution in [1.82, 2.24) is 19.9 Å². The fourth-order valence-corrected chi connectivity index (χ4v) is 3.95. The summed E-state index contributed by atoms with van der Waals surface area (Å²) in [4.78, 5) is 39.4. The van der Waals surface area contributed by atoms with E-state index in [0.29, 0.717) is 43.1 Å². The standard InChI is InChI=1S/C25H23F4N5O3/c1-37-24(36)34-10-8-33(9-11-34)22-5-3-18(15-31-22)20(35)4-2-16-12-19(26)23(32-14-16)17-6-7-30-21(13-17)25(27,28)29/h3,5-7,12-15H,2,4,8-11H2,1H3. The number of aromatic nitrogens is 3. The molecule has 0 aromatic carbocycles. The number of hydrogen-bond acceptors (Lipinski definition) is 7. The summed E-state index contributed by atoms with van der Waals surface area (Å²) < 4.78 is 58.1. The number of aryl methyl sites for hydroxylation is 1. The van der Waals surface area contributed by atoms with Crippen LogP contribution in [0.2, 0.25) is 0 Å². The lowest BCUT2D eigenvalue weighted by Gasteiger charge is -2.34. The lowest BCUT2D eigenvalue weighted by Crippen LogP contribution is -2.49. The molecule has 0 unspecified atom stereocenters. The third kappa shape index (κ3) is 6.19. The van der Waals surface area contributed by atoms with Gasteiger partial charge in [0.15, 0.2) is 5.78 Å². The zero-order valence-electron chi connectivity index (χ0n) is 19.8. The Balaban J connectivity index is 1.35. The number of alkyl halides is 3. The molecule has 0 aliphatic carbocycles. The molecule has 0 spiro atoms. The van der Waals surface area contributed by atoms with Gasteiger partial charge in [0, 0.05) is 62.3 Å². The molecule has 4 rings (SSSR count).